The van der Waals surface area contributed by atoms with Crippen LogP contribution in [0.1, 0.15) is 23.7 Å². The number of anilines is 1. The van der Waals surface area contributed by atoms with E-state index in [1.807, 2.05) is 31.2 Å². The second-order valence-electron chi connectivity index (χ2n) is 6.45. The van der Waals surface area contributed by atoms with Crippen LogP contribution in [-0.4, -0.2) is 41.8 Å². The molecule has 0 spiro atoms. The van der Waals surface area contributed by atoms with Gasteiger partial charge in [-0.3, -0.25) is 9.89 Å². The molecule has 1 atom stereocenters. The Morgan fingerprint density at radius 3 is 3.07 bits per heavy atom. The van der Waals surface area contributed by atoms with Gasteiger partial charge in [0.2, 0.25) is 0 Å². The average molecular weight is 382 g/mol. The molecule has 1 amide bonds. The maximum atomic E-state index is 12.7. The first-order valence-corrected chi connectivity index (χ1v) is 9.99. The third-order valence-electron chi connectivity index (χ3n) is 4.63. The predicted molar refractivity (Wildman–Crippen MR) is 108 cm³/mol. The smallest absolute Gasteiger partial charge is 0.255 e. The summed E-state index contributed by atoms with van der Waals surface area (Å²) in [7, 11) is 0. The second kappa shape index (κ2) is 7.84. The van der Waals surface area contributed by atoms with Crippen LogP contribution in [0.3, 0.4) is 0 Å². The molecular formula is C20H22N4O2S. The summed E-state index contributed by atoms with van der Waals surface area (Å²) in [5.74, 6) is 1.46. The molecule has 7 heteroatoms. The van der Waals surface area contributed by atoms with Gasteiger partial charge in [-0.25, -0.2) is 0 Å². The Bertz CT molecular complexity index is 906. The Hall–Kier alpha value is -2.80. The van der Waals surface area contributed by atoms with E-state index in [9.17, 15) is 4.79 Å². The maximum Gasteiger partial charge on any atom is 0.255 e. The number of rotatable bonds is 6. The van der Waals surface area contributed by atoms with Crippen molar-refractivity contribution in [3.8, 4) is 16.3 Å². The minimum Gasteiger partial charge on any atom is -0.493 e. The number of ether oxygens (including phenoxy) is 1. The average Bonchev–Trinajstić information content (AvgIpc) is 3.43. The van der Waals surface area contributed by atoms with E-state index in [0.717, 1.165) is 31.0 Å². The molecular weight excluding hydrogens is 360 g/mol. The van der Waals surface area contributed by atoms with Gasteiger partial charge >= 0.3 is 0 Å². The third kappa shape index (κ3) is 3.83. The Kier molecular flexibility index (Phi) is 5.11. The second-order valence-corrected chi connectivity index (χ2v) is 7.40. The van der Waals surface area contributed by atoms with Gasteiger partial charge in [-0.15, -0.1) is 11.3 Å². The molecule has 140 valence electrons. The van der Waals surface area contributed by atoms with E-state index in [1.165, 1.54) is 4.88 Å². The topological polar surface area (TPSA) is 70.2 Å². The van der Waals surface area contributed by atoms with Crippen LogP contribution in [0.4, 0.5) is 5.82 Å². The van der Waals surface area contributed by atoms with Crippen LogP contribution >= 0.6 is 11.3 Å². The number of H-pyrrole nitrogens is 1. The van der Waals surface area contributed by atoms with Crippen molar-refractivity contribution in [2.45, 2.75) is 19.4 Å². The number of nitrogens with zero attached hydrogens (tertiary/aromatic N) is 2. The Labute approximate surface area is 162 Å². The van der Waals surface area contributed by atoms with Gasteiger partial charge in [0.1, 0.15) is 5.75 Å². The van der Waals surface area contributed by atoms with Gasteiger partial charge in [0.25, 0.3) is 5.91 Å². The first-order valence-electron chi connectivity index (χ1n) is 9.11. The largest absolute Gasteiger partial charge is 0.493 e. The quantitative estimate of drug-likeness (QED) is 0.684. The van der Waals surface area contributed by atoms with Crippen molar-refractivity contribution in [1.82, 2.24) is 15.5 Å². The fourth-order valence-corrected chi connectivity index (χ4v) is 4.01. The fraction of sp³-hybridized carbons (Fsp3) is 0.300. The molecule has 0 aliphatic carbocycles. The molecule has 2 N–H and O–H groups in total. The van der Waals surface area contributed by atoms with Crippen LogP contribution in [0, 0.1) is 0 Å². The van der Waals surface area contributed by atoms with E-state index in [1.54, 1.807) is 17.4 Å². The Morgan fingerprint density at radius 1 is 1.37 bits per heavy atom. The van der Waals surface area contributed by atoms with E-state index in [-0.39, 0.29) is 11.9 Å². The number of amides is 1. The van der Waals surface area contributed by atoms with Gasteiger partial charge in [0, 0.05) is 25.2 Å². The van der Waals surface area contributed by atoms with E-state index in [4.69, 9.17) is 4.74 Å². The Morgan fingerprint density at radius 2 is 2.26 bits per heavy atom. The maximum absolute atomic E-state index is 12.7. The summed E-state index contributed by atoms with van der Waals surface area (Å²) in [4.78, 5) is 16.0. The molecule has 1 fully saturated rings. The minimum atomic E-state index is -0.0906. The zero-order valence-corrected chi connectivity index (χ0v) is 16.0. The van der Waals surface area contributed by atoms with Crippen LogP contribution in [0.5, 0.6) is 5.75 Å². The lowest BCUT2D eigenvalue weighted by Gasteiger charge is -2.17. The van der Waals surface area contributed by atoms with Crippen molar-refractivity contribution in [3.05, 3.63) is 53.4 Å². The number of hydrogen-bond acceptors (Lipinski definition) is 5. The lowest BCUT2D eigenvalue weighted by molar-refractivity contribution is 0.0936. The molecule has 0 bridgehead atoms. The summed E-state index contributed by atoms with van der Waals surface area (Å²) in [6.07, 6.45) is 0.893. The van der Waals surface area contributed by atoms with Crippen molar-refractivity contribution < 1.29 is 9.53 Å². The fourth-order valence-electron chi connectivity index (χ4n) is 3.32. The van der Waals surface area contributed by atoms with Crippen molar-refractivity contribution in [3.63, 3.8) is 0 Å². The minimum absolute atomic E-state index is 0.0906. The Balaban J connectivity index is 1.39. The van der Waals surface area contributed by atoms with Crippen LogP contribution in [0.2, 0.25) is 0 Å². The molecule has 6 nitrogen and oxygen atoms in total. The standard InChI is InChI=1S/C20H22N4O2S/c1-2-26-17-7-4-3-6-15(17)20(25)21-14-9-10-24(13-14)19-12-16(22-23-19)18-8-5-11-27-18/h3-8,11-12,14H,2,9-10,13H2,1H3,(H,21,25)(H,22,23)/t14-/m0/s1. The molecule has 0 radical (unpaired) electrons. The molecule has 1 aliphatic heterocycles. The van der Waals surface area contributed by atoms with Gasteiger partial charge in [-0.1, -0.05) is 18.2 Å². The molecule has 3 heterocycles. The number of carbonyl (C=O) groups is 1. The van der Waals surface area contributed by atoms with Crippen LogP contribution in [-0.2, 0) is 0 Å². The monoisotopic (exact) mass is 382 g/mol. The van der Waals surface area contributed by atoms with Gasteiger partial charge in [-0.05, 0) is 36.9 Å². The molecule has 2 aromatic heterocycles. The highest BCUT2D eigenvalue weighted by Crippen LogP contribution is 2.27. The highest BCUT2D eigenvalue weighted by atomic mass is 32.1. The van der Waals surface area contributed by atoms with Gasteiger partial charge in [0.15, 0.2) is 5.82 Å². The van der Waals surface area contributed by atoms with E-state index in [2.05, 4.69) is 37.9 Å². The first-order chi connectivity index (χ1) is 13.2. The van der Waals surface area contributed by atoms with Crippen LogP contribution in [0.15, 0.2) is 47.8 Å². The van der Waals surface area contributed by atoms with E-state index < -0.39 is 0 Å². The van der Waals surface area contributed by atoms with Crippen molar-refractivity contribution >= 4 is 23.1 Å². The highest BCUT2D eigenvalue weighted by molar-refractivity contribution is 7.13. The SMILES string of the molecule is CCOc1ccccc1C(=O)N[C@H]1CCN(c2cc(-c3cccs3)[nH]n2)C1. The third-order valence-corrected chi connectivity index (χ3v) is 5.53. The van der Waals surface area contributed by atoms with Crippen LogP contribution in [0.25, 0.3) is 10.6 Å². The number of hydrogen-bond donors (Lipinski definition) is 2. The highest BCUT2D eigenvalue weighted by Gasteiger charge is 2.26. The number of thiophene rings is 1. The molecule has 1 aliphatic rings. The summed E-state index contributed by atoms with van der Waals surface area (Å²) in [5, 5.41) is 12.7. The van der Waals surface area contributed by atoms with Gasteiger partial charge < -0.3 is 15.0 Å². The number of carbonyl (C=O) groups excluding carboxylic acids is 1. The molecule has 27 heavy (non-hydrogen) atoms. The number of para-hydroxylation sites is 1. The molecule has 1 saturated heterocycles. The summed E-state index contributed by atoms with van der Waals surface area (Å²) in [6, 6.07) is 13.6. The van der Waals surface area contributed by atoms with Crippen molar-refractivity contribution in [2.24, 2.45) is 0 Å². The van der Waals surface area contributed by atoms with E-state index in [0.29, 0.717) is 17.9 Å². The summed E-state index contributed by atoms with van der Waals surface area (Å²) >= 11 is 1.69. The first kappa shape index (κ1) is 17.6. The lowest BCUT2D eigenvalue weighted by atomic mass is 10.1. The molecule has 3 aromatic rings. The number of benzene rings is 1. The van der Waals surface area contributed by atoms with Crippen LogP contribution < -0.4 is 15.0 Å². The molecule has 4 rings (SSSR count). The van der Waals surface area contributed by atoms with Gasteiger partial charge in [0.05, 0.1) is 22.7 Å². The number of aromatic nitrogens is 2. The summed E-state index contributed by atoms with van der Waals surface area (Å²) in [6.45, 7) is 4.06. The zero-order chi connectivity index (χ0) is 18.6. The van der Waals surface area contributed by atoms with E-state index >= 15 is 0 Å². The zero-order valence-electron chi connectivity index (χ0n) is 15.1. The molecule has 1 aromatic carbocycles. The number of nitrogens with one attached hydrogen (secondary N) is 2. The molecule has 0 unspecified atom stereocenters. The van der Waals surface area contributed by atoms with Crippen molar-refractivity contribution in [2.75, 3.05) is 24.6 Å². The summed E-state index contributed by atoms with van der Waals surface area (Å²) in [5.41, 5.74) is 1.61. The predicted octanol–water partition coefficient (Wildman–Crippen LogP) is 3.55. The summed E-state index contributed by atoms with van der Waals surface area (Å²) < 4.78 is 5.57. The van der Waals surface area contributed by atoms with Gasteiger partial charge in [-0.2, -0.15) is 5.10 Å². The van der Waals surface area contributed by atoms with Crippen molar-refractivity contribution in [1.29, 1.82) is 0 Å². The normalized spacial score (nSPS) is 16.5. The number of aromatic amines is 1. The lowest BCUT2D eigenvalue weighted by Crippen LogP contribution is -2.37. The molecule has 0 saturated carbocycles.